The molecule has 0 saturated heterocycles. The van der Waals surface area contributed by atoms with Crippen molar-refractivity contribution in [2.75, 3.05) is 5.75 Å². The quantitative estimate of drug-likeness (QED) is 0.288. The van der Waals surface area contributed by atoms with Crippen LogP contribution in [0.2, 0.25) is 0 Å². The van der Waals surface area contributed by atoms with E-state index in [0.29, 0.717) is 5.69 Å². The van der Waals surface area contributed by atoms with E-state index in [0.717, 1.165) is 15.8 Å². The molecular formula is C18H14N2O4S. The topological polar surface area (TPSA) is 82.3 Å². The minimum Gasteiger partial charge on any atom is -0.459 e. The maximum absolute atomic E-state index is 11.8. The van der Waals surface area contributed by atoms with Gasteiger partial charge in [-0.05, 0) is 24.3 Å². The van der Waals surface area contributed by atoms with E-state index >= 15 is 0 Å². The van der Waals surface area contributed by atoms with Gasteiger partial charge < -0.3 is 4.74 Å². The number of rotatable bonds is 6. The van der Waals surface area contributed by atoms with Crippen LogP contribution in [-0.2, 0) is 16.1 Å². The van der Waals surface area contributed by atoms with E-state index in [4.69, 9.17) is 4.74 Å². The van der Waals surface area contributed by atoms with Crippen LogP contribution in [0.4, 0.5) is 5.69 Å². The number of pyridine rings is 1. The number of esters is 1. The van der Waals surface area contributed by atoms with Crippen molar-refractivity contribution in [2.45, 2.75) is 11.5 Å². The number of ether oxygens (including phenoxy) is 1. The summed E-state index contributed by atoms with van der Waals surface area (Å²) in [6.45, 7) is 0.116. The summed E-state index contributed by atoms with van der Waals surface area (Å²) in [5.41, 5.74) is 1.57. The number of fused-ring (bicyclic) bond motifs is 1. The smallest absolute Gasteiger partial charge is 0.316 e. The van der Waals surface area contributed by atoms with Crippen LogP contribution in [0.25, 0.3) is 10.9 Å². The molecule has 0 amide bonds. The van der Waals surface area contributed by atoms with Gasteiger partial charge in [-0.2, -0.15) is 0 Å². The Labute approximate surface area is 148 Å². The summed E-state index contributed by atoms with van der Waals surface area (Å²) in [5.74, 6) is -0.232. The van der Waals surface area contributed by atoms with Gasteiger partial charge in [-0.1, -0.05) is 24.3 Å². The fraction of sp³-hybridized carbons (Fsp3) is 0.111. The molecule has 2 aromatic carbocycles. The van der Waals surface area contributed by atoms with Crippen molar-refractivity contribution in [3.8, 4) is 0 Å². The largest absolute Gasteiger partial charge is 0.459 e. The van der Waals surface area contributed by atoms with Crippen molar-refractivity contribution in [1.82, 2.24) is 4.98 Å². The normalized spacial score (nSPS) is 10.6. The fourth-order valence-corrected chi connectivity index (χ4v) is 2.89. The first kappa shape index (κ1) is 16.9. The molecule has 3 aromatic rings. The van der Waals surface area contributed by atoms with Crippen LogP contribution < -0.4 is 0 Å². The zero-order valence-corrected chi connectivity index (χ0v) is 13.9. The third-order valence-electron chi connectivity index (χ3n) is 3.44. The minimum atomic E-state index is -0.459. The number of non-ortho nitro benzene ring substituents is 1. The second kappa shape index (κ2) is 7.76. The Morgan fingerprint density at radius 3 is 2.60 bits per heavy atom. The van der Waals surface area contributed by atoms with Gasteiger partial charge in [0, 0.05) is 22.4 Å². The summed E-state index contributed by atoms with van der Waals surface area (Å²) >= 11 is 1.27. The molecule has 1 aromatic heterocycles. The predicted molar refractivity (Wildman–Crippen MR) is 95.4 cm³/mol. The van der Waals surface area contributed by atoms with Gasteiger partial charge in [0.25, 0.3) is 5.69 Å². The highest BCUT2D eigenvalue weighted by Gasteiger charge is 2.08. The maximum atomic E-state index is 11.8. The van der Waals surface area contributed by atoms with Gasteiger partial charge in [-0.15, -0.1) is 11.8 Å². The van der Waals surface area contributed by atoms with Crippen molar-refractivity contribution >= 4 is 34.3 Å². The molecule has 6 nitrogen and oxygen atoms in total. The molecule has 0 N–H and O–H groups in total. The minimum absolute atomic E-state index is 0.0225. The standard InChI is InChI=1S/C18H14N2O4S/c21-18(12-25-16-9-7-15(8-10-16)20(22)23)24-11-14-6-5-13-3-1-2-4-17(13)19-14/h1-10H,11-12H2. The molecule has 0 aliphatic heterocycles. The molecule has 0 atom stereocenters. The van der Waals surface area contributed by atoms with Gasteiger partial charge in [-0.25, -0.2) is 4.98 Å². The lowest BCUT2D eigenvalue weighted by Crippen LogP contribution is -2.08. The molecule has 0 bridgehead atoms. The highest BCUT2D eigenvalue weighted by molar-refractivity contribution is 8.00. The Bertz CT molecular complexity index is 912. The number of carbonyl (C=O) groups is 1. The molecule has 25 heavy (non-hydrogen) atoms. The Balaban J connectivity index is 1.51. The van der Waals surface area contributed by atoms with Gasteiger partial charge in [-0.3, -0.25) is 14.9 Å². The summed E-state index contributed by atoms with van der Waals surface area (Å²) < 4.78 is 5.23. The second-order valence-electron chi connectivity index (χ2n) is 5.20. The number of para-hydroxylation sites is 1. The molecule has 0 saturated carbocycles. The molecule has 126 valence electrons. The second-order valence-corrected chi connectivity index (χ2v) is 6.24. The van der Waals surface area contributed by atoms with Crippen LogP contribution >= 0.6 is 11.8 Å². The fourth-order valence-electron chi connectivity index (χ4n) is 2.19. The first-order valence-electron chi connectivity index (χ1n) is 7.49. The van der Waals surface area contributed by atoms with Crippen LogP contribution in [0.15, 0.2) is 65.6 Å². The highest BCUT2D eigenvalue weighted by Crippen LogP contribution is 2.21. The first-order valence-corrected chi connectivity index (χ1v) is 8.48. The number of hydrogen-bond acceptors (Lipinski definition) is 6. The van der Waals surface area contributed by atoms with Gasteiger partial charge in [0.1, 0.15) is 6.61 Å². The van der Waals surface area contributed by atoms with Crippen molar-refractivity contribution in [3.05, 3.63) is 76.5 Å². The average Bonchev–Trinajstić information content (AvgIpc) is 2.65. The number of nitrogens with zero attached hydrogens (tertiary/aromatic N) is 2. The maximum Gasteiger partial charge on any atom is 0.316 e. The molecule has 1 heterocycles. The van der Waals surface area contributed by atoms with E-state index in [-0.39, 0.29) is 24.0 Å². The molecular weight excluding hydrogens is 340 g/mol. The Morgan fingerprint density at radius 1 is 1.08 bits per heavy atom. The lowest BCUT2D eigenvalue weighted by atomic mass is 10.2. The Morgan fingerprint density at radius 2 is 1.84 bits per heavy atom. The van der Waals surface area contributed by atoms with Crippen molar-refractivity contribution in [1.29, 1.82) is 0 Å². The van der Waals surface area contributed by atoms with E-state index < -0.39 is 4.92 Å². The molecule has 0 aliphatic carbocycles. The lowest BCUT2D eigenvalue weighted by Gasteiger charge is -2.05. The number of benzene rings is 2. The van der Waals surface area contributed by atoms with E-state index in [1.165, 1.54) is 23.9 Å². The number of carbonyl (C=O) groups excluding carboxylic acids is 1. The zero-order valence-electron chi connectivity index (χ0n) is 13.1. The van der Waals surface area contributed by atoms with Crippen LogP contribution in [0.1, 0.15) is 5.69 Å². The zero-order chi connectivity index (χ0) is 17.6. The Hall–Kier alpha value is -2.93. The summed E-state index contributed by atoms with van der Waals surface area (Å²) in [5, 5.41) is 11.6. The number of hydrogen-bond donors (Lipinski definition) is 0. The molecule has 7 heteroatoms. The average molecular weight is 354 g/mol. The third-order valence-corrected chi connectivity index (χ3v) is 4.43. The van der Waals surface area contributed by atoms with Gasteiger partial charge in [0.05, 0.1) is 21.9 Å². The van der Waals surface area contributed by atoms with Crippen LogP contribution in [0, 0.1) is 10.1 Å². The van der Waals surface area contributed by atoms with E-state index in [2.05, 4.69) is 4.98 Å². The summed E-state index contributed by atoms with van der Waals surface area (Å²) in [4.78, 5) is 27.2. The number of thioether (sulfide) groups is 1. The van der Waals surface area contributed by atoms with E-state index in [9.17, 15) is 14.9 Å². The monoisotopic (exact) mass is 354 g/mol. The summed E-state index contributed by atoms with van der Waals surface area (Å²) in [6.07, 6.45) is 0. The van der Waals surface area contributed by atoms with Crippen LogP contribution in [-0.4, -0.2) is 21.6 Å². The lowest BCUT2D eigenvalue weighted by molar-refractivity contribution is -0.384. The number of nitro benzene ring substituents is 1. The summed E-state index contributed by atoms with van der Waals surface area (Å²) in [7, 11) is 0. The van der Waals surface area contributed by atoms with Gasteiger partial charge >= 0.3 is 5.97 Å². The SMILES string of the molecule is O=C(CSc1ccc([N+](=O)[O-])cc1)OCc1ccc2ccccc2n1. The van der Waals surface area contributed by atoms with E-state index in [1.807, 2.05) is 36.4 Å². The molecule has 3 rings (SSSR count). The number of nitro groups is 1. The van der Waals surface area contributed by atoms with Crippen molar-refractivity contribution < 1.29 is 14.5 Å². The molecule has 0 aliphatic rings. The highest BCUT2D eigenvalue weighted by atomic mass is 32.2. The van der Waals surface area contributed by atoms with Gasteiger partial charge in [0.15, 0.2) is 0 Å². The molecule has 0 spiro atoms. The summed E-state index contributed by atoms with van der Waals surface area (Å²) in [6, 6.07) is 17.5. The van der Waals surface area contributed by atoms with E-state index in [1.54, 1.807) is 12.1 Å². The molecule has 0 fully saturated rings. The van der Waals surface area contributed by atoms with Crippen molar-refractivity contribution in [3.63, 3.8) is 0 Å². The Kier molecular flexibility index (Phi) is 5.25. The van der Waals surface area contributed by atoms with Crippen LogP contribution in [0.3, 0.4) is 0 Å². The first-order chi connectivity index (χ1) is 12.1. The van der Waals surface area contributed by atoms with Crippen molar-refractivity contribution in [2.24, 2.45) is 0 Å². The predicted octanol–water partition coefficient (Wildman–Crippen LogP) is 3.98. The number of aromatic nitrogens is 1. The molecule has 0 unspecified atom stereocenters. The third kappa shape index (κ3) is 4.54. The molecule has 0 radical (unpaired) electrons. The van der Waals surface area contributed by atoms with Gasteiger partial charge in [0.2, 0.25) is 0 Å². The van der Waals surface area contributed by atoms with Crippen LogP contribution in [0.5, 0.6) is 0 Å².